The van der Waals surface area contributed by atoms with Crippen LogP contribution in [0.5, 0.6) is 11.5 Å². The highest BCUT2D eigenvalue weighted by Crippen LogP contribution is 2.41. The molecule has 0 aromatic heterocycles. The van der Waals surface area contributed by atoms with E-state index < -0.39 is 0 Å². The lowest BCUT2D eigenvalue weighted by molar-refractivity contribution is -0.113. The summed E-state index contributed by atoms with van der Waals surface area (Å²) >= 11 is 0.921. The fourth-order valence-electron chi connectivity index (χ4n) is 3.16. The molecule has 0 bridgehead atoms. The van der Waals surface area contributed by atoms with Crippen molar-refractivity contribution in [3.05, 3.63) is 71.1 Å². The van der Waals surface area contributed by atoms with E-state index in [0.29, 0.717) is 22.1 Å². The van der Waals surface area contributed by atoms with Crippen molar-refractivity contribution < 1.29 is 19.1 Å². The fourth-order valence-corrected chi connectivity index (χ4v) is 3.99. The minimum Gasteiger partial charge on any atom is -0.497 e. The number of anilines is 1. The molecule has 0 radical (unpaired) electrons. The number of benzene rings is 3. The van der Waals surface area contributed by atoms with Crippen LogP contribution < -0.4 is 14.4 Å². The van der Waals surface area contributed by atoms with Crippen molar-refractivity contribution in [3.8, 4) is 11.5 Å². The Morgan fingerprint density at radius 2 is 1.71 bits per heavy atom. The highest BCUT2D eigenvalue weighted by atomic mass is 32.2. The second kappa shape index (κ2) is 7.40. The Kier molecular flexibility index (Phi) is 4.79. The maximum Gasteiger partial charge on any atom is 0.298 e. The lowest BCUT2D eigenvalue weighted by atomic mass is 10.0. The van der Waals surface area contributed by atoms with Gasteiger partial charge in [-0.15, -0.1) is 0 Å². The zero-order chi connectivity index (χ0) is 19.7. The number of methoxy groups -OCH3 is 2. The molecule has 0 atom stereocenters. The van der Waals surface area contributed by atoms with Crippen molar-refractivity contribution in [3.63, 3.8) is 0 Å². The summed E-state index contributed by atoms with van der Waals surface area (Å²) in [7, 11) is 3.03. The zero-order valence-corrected chi connectivity index (χ0v) is 16.2. The maximum absolute atomic E-state index is 13.0. The van der Waals surface area contributed by atoms with Crippen molar-refractivity contribution in [2.45, 2.75) is 0 Å². The molecule has 6 heteroatoms. The van der Waals surface area contributed by atoms with Gasteiger partial charge in [0.25, 0.3) is 11.1 Å². The minimum atomic E-state index is -0.369. The van der Waals surface area contributed by atoms with Gasteiger partial charge in [0, 0.05) is 6.07 Å². The third-order valence-electron chi connectivity index (χ3n) is 4.53. The van der Waals surface area contributed by atoms with Crippen LogP contribution in [0.1, 0.15) is 5.56 Å². The normalized spacial score (nSPS) is 15.5. The smallest absolute Gasteiger partial charge is 0.298 e. The van der Waals surface area contributed by atoms with E-state index in [9.17, 15) is 9.59 Å². The number of carbonyl (C=O) groups is 2. The van der Waals surface area contributed by atoms with E-state index >= 15 is 0 Å². The molecule has 1 aliphatic heterocycles. The number of fused-ring (bicyclic) bond motifs is 1. The first-order valence-electron chi connectivity index (χ1n) is 8.60. The van der Waals surface area contributed by atoms with Crippen LogP contribution in [0.2, 0.25) is 0 Å². The van der Waals surface area contributed by atoms with Crippen LogP contribution in [0.3, 0.4) is 0 Å². The minimum absolute atomic E-state index is 0.361. The first-order valence-corrected chi connectivity index (χ1v) is 9.42. The summed E-state index contributed by atoms with van der Waals surface area (Å²) in [5, 5.41) is 1.74. The molecule has 140 valence electrons. The summed E-state index contributed by atoms with van der Waals surface area (Å²) in [6, 6.07) is 18.8. The van der Waals surface area contributed by atoms with Gasteiger partial charge in [0.1, 0.15) is 11.5 Å². The van der Waals surface area contributed by atoms with Gasteiger partial charge in [0.05, 0.1) is 24.8 Å². The molecule has 0 saturated carbocycles. The van der Waals surface area contributed by atoms with Crippen LogP contribution in [0.25, 0.3) is 16.8 Å². The largest absolute Gasteiger partial charge is 0.497 e. The van der Waals surface area contributed by atoms with Gasteiger partial charge in [0.15, 0.2) is 0 Å². The van der Waals surface area contributed by atoms with Gasteiger partial charge in [-0.3, -0.25) is 9.59 Å². The van der Waals surface area contributed by atoms with Gasteiger partial charge in [-0.1, -0.05) is 42.5 Å². The van der Waals surface area contributed by atoms with Gasteiger partial charge >= 0.3 is 0 Å². The fraction of sp³-hybridized carbons (Fsp3) is 0.0909. The molecule has 0 aliphatic carbocycles. The van der Waals surface area contributed by atoms with Crippen molar-refractivity contribution >= 4 is 45.4 Å². The van der Waals surface area contributed by atoms with Crippen LogP contribution in [0.15, 0.2) is 65.6 Å². The molecule has 1 aliphatic rings. The second-order valence-electron chi connectivity index (χ2n) is 6.12. The van der Waals surface area contributed by atoms with Crippen LogP contribution in [-0.2, 0) is 4.79 Å². The summed E-state index contributed by atoms with van der Waals surface area (Å²) < 4.78 is 10.5. The summed E-state index contributed by atoms with van der Waals surface area (Å²) in [4.78, 5) is 27.1. The Hall–Kier alpha value is -3.25. The number of rotatable bonds is 4. The van der Waals surface area contributed by atoms with E-state index in [4.69, 9.17) is 9.47 Å². The first kappa shape index (κ1) is 18.1. The number of thioether (sulfide) groups is 1. The van der Waals surface area contributed by atoms with Crippen LogP contribution in [0, 0.1) is 0 Å². The molecular formula is C22H17NO4S. The van der Waals surface area contributed by atoms with E-state index in [1.54, 1.807) is 31.4 Å². The molecule has 3 aromatic carbocycles. The van der Waals surface area contributed by atoms with Crippen molar-refractivity contribution in [1.82, 2.24) is 0 Å². The molecule has 3 aromatic rings. The molecule has 2 amide bonds. The maximum atomic E-state index is 13.0. The van der Waals surface area contributed by atoms with Crippen molar-refractivity contribution in [1.29, 1.82) is 0 Å². The van der Waals surface area contributed by atoms with Crippen LogP contribution in [0.4, 0.5) is 10.5 Å². The summed E-state index contributed by atoms with van der Waals surface area (Å²) in [5.41, 5.74) is 1.29. The zero-order valence-electron chi connectivity index (χ0n) is 15.3. The lowest BCUT2D eigenvalue weighted by Gasteiger charge is -2.17. The highest BCUT2D eigenvalue weighted by molar-refractivity contribution is 8.19. The molecule has 1 saturated heterocycles. The van der Waals surface area contributed by atoms with Gasteiger partial charge in [-0.25, -0.2) is 4.90 Å². The van der Waals surface area contributed by atoms with E-state index in [1.165, 1.54) is 7.11 Å². The molecule has 28 heavy (non-hydrogen) atoms. The van der Waals surface area contributed by atoms with E-state index in [1.807, 2.05) is 42.5 Å². The lowest BCUT2D eigenvalue weighted by Crippen LogP contribution is -2.28. The Bertz CT molecular complexity index is 1120. The molecular weight excluding hydrogens is 374 g/mol. The standard InChI is InChI=1S/C22H17NO4S/c1-26-16-10-11-18(19(13-16)27-2)23-21(24)20(28-22(23)25)12-15-8-5-7-14-6-3-4-9-17(14)15/h3-13H,1-2H3/b20-12-. The molecule has 0 unspecified atom stereocenters. The van der Waals surface area contributed by atoms with Crippen LogP contribution >= 0.6 is 11.8 Å². The second-order valence-corrected chi connectivity index (χ2v) is 7.12. The summed E-state index contributed by atoms with van der Waals surface area (Å²) in [6.07, 6.45) is 1.77. The first-order chi connectivity index (χ1) is 13.6. The molecule has 1 fully saturated rings. The average Bonchev–Trinajstić information content (AvgIpc) is 3.00. The summed E-state index contributed by atoms with van der Waals surface area (Å²) in [6.45, 7) is 0. The Labute approximate surface area is 166 Å². The number of nitrogens with zero attached hydrogens (tertiary/aromatic N) is 1. The van der Waals surface area contributed by atoms with Crippen molar-refractivity contribution in [2.75, 3.05) is 19.1 Å². The monoisotopic (exact) mass is 391 g/mol. The Morgan fingerprint density at radius 1 is 0.929 bits per heavy atom. The predicted molar refractivity (Wildman–Crippen MR) is 112 cm³/mol. The number of hydrogen-bond acceptors (Lipinski definition) is 5. The van der Waals surface area contributed by atoms with E-state index in [-0.39, 0.29) is 11.1 Å². The molecule has 4 rings (SSSR count). The van der Waals surface area contributed by atoms with E-state index in [2.05, 4.69) is 0 Å². The third-order valence-corrected chi connectivity index (χ3v) is 5.40. The van der Waals surface area contributed by atoms with Crippen molar-refractivity contribution in [2.24, 2.45) is 0 Å². The number of carbonyl (C=O) groups excluding carboxylic acids is 2. The molecule has 0 N–H and O–H groups in total. The Morgan fingerprint density at radius 3 is 2.50 bits per heavy atom. The quantitative estimate of drug-likeness (QED) is 0.579. The van der Waals surface area contributed by atoms with Gasteiger partial charge in [0.2, 0.25) is 0 Å². The number of amides is 2. The van der Waals surface area contributed by atoms with Gasteiger partial charge in [-0.2, -0.15) is 0 Å². The predicted octanol–water partition coefficient (Wildman–Crippen LogP) is 5.10. The SMILES string of the molecule is COc1ccc(N2C(=O)S/C(=C\c3cccc4ccccc34)C2=O)c(OC)c1. The summed E-state index contributed by atoms with van der Waals surface area (Å²) in [5.74, 6) is 0.610. The van der Waals surface area contributed by atoms with Gasteiger partial charge in [-0.05, 0) is 46.3 Å². The number of imide groups is 1. The molecule has 5 nitrogen and oxygen atoms in total. The Balaban J connectivity index is 1.74. The topological polar surface area (TPSA) is 55.8 Å². The molecule has 1 heterocycles. The third kappa shape index (κ3) is 3.12. The number of ether oxygens (including phenoxy) is 2. The van der Waals surface area contributed by atoms with Crippen LogP contribution in [-0.4, -0.2) is 25.4 Å². The molecule has 0 spiro atoms. The average molecular weight is 391 g/mol. The highest BCUT2D eigenvalue weighted by Gasteiger charge is 2.38. The van der Waals surface area contributed by atoms with E-state index in [0.717, 1.165) is 33.0 Å². The van der Waals surface area contributed by atoms with Gasteiger partial charge < -0.3 is 9.47 Å². The number of hydrogen-bond donors (Lipinski definition) is 0.